The van der Waals surface area contributed by atoms with E-state index in [1.54, 1.807) is 18.5 Å². The lowest BCUT2D eigenvalue weighted by Gasteiger charge is -2.37. The summed E-state index contributed by atoms with van der Waals surface area (Å²) in [4.78, 5) is 19.6. The van der Waals surface area contributed by atoms with E-state index in [-0.39, 0.29) is 17.1 Å². The largest absolute Gasteiger partial charge is 0.381 e. The van der Waals surface area contributed by atoms with Gasteiger partial charge in [-0.1, -0.05) is 32.0 Å². The van der Waals surface area contributed by atoms with Crippen LogP contribution in [-0.2, 0) is 16.0 Å². The van der Waals surface area contributed by atoms with Crippen LogP contribution in [0.2, 0.25) is 0 Å². The van der Waals surface area contributed by atoms with Gasteiger partial charge in [0.15, 0.2) is 0 Å². The Hall–Kier alpha value is -2.31. The molecular weight excluding hydrogens is 393 g/mol. The maximum absolute atomic E-state index is 15.1. The van der Waals surface area contributed by atoms with Crippen molar-refractivity contribution in [3.05, 3.63) is 54.1 Å². The van der Waals surface area contributed by atoms with Crippen LogP contribution in [0.3, 0.4) is 0 Å². The highest BCUT2D eigenvalue weighted by atomic mass is 19.1. The normalized spacial score (nSPS) is 16.3. The van der Waals surface area contributed by atoms with Gasteiger partial charge in [-0.05, 0) is 62.0 Å². The second-order valence-electron chi connectivity index (χ2n) is 9.70. The van der Waals surface area contributed by atoms with Crippen molar-refractivity contribution in [3.8, 4) is 11.1 Å². The van der Waals surface area contributed by atoms with Crippen LogP contribution < -0.4 is 5.32 Å². The highest BCUT2D eigenvalue weighted by Gasteiger charge is 2.41. The molecule has 1 fully saturated rings. The first kappa shape index (κ1) is 23.4. The molecule has 0 aliphatic carbocycles. The van der Waals surface area contributed by atoms with E-state index in [9.17, 15) is 4.79 Å². The molecule has 0 atom stereocenters. The van der Waals surface area contributed by atoms with E-state index in [4.69, 9.17) is 4.74 Å². The van der Waals surface area contributed by atoms with Crippen molar-refractivity contribution >= 4 is 5.91 Å². The van der Waals surface area contributed by atoms with E-state index in [2.05, 4.69) is 29.0 Å². The maximum Gasteiger partial charge on any atom is 0.226 e. The third kappa shape index (κ3) is 6.11. The SMILES string of the molecule is CN(C)CC(C)(C)CNC(=O)C1(Cc2ccc(-c3cccnc3)cc2F)CCOCC1. The van der Waals surface area contributed by atoms with Gasteiger partial charge in [0.25, 0.3) is 0 Å². The summed E-state index contributed by atoms with van der Waals surface area (Å²) in [7, 11) is 4.06. The van der Waals surface area contributed by atoms with Gasteiger partial charge in [-0.2, -0.15) is 0 Å². The quantitative estimate of drug-likeness (QED) is 0.694. The minimum Gasteiger partial charge on any atom is -0.381 e. The number of nitrogens with zero attached hydrogens (tertiary/aromatic N) is 2. The van der Waals surface area contributed by atoms with Crippen molar-refractivity contribution in [1.82, 2.24) is 15.2 Å². The fourth-order valence-electron chi connectivity index (χ4n) is 4.43. The number of halogens is 1. The zero-order valence-corrected chi connectivity index (χ0v) is 19.1. The molecule has 1 saturated heterocycles. The van der Waals surface area contributed by atoms with E-state index in [0.717, 1.165) is 17.7 Å². The summed E-state index contributed by atoms with van der Waals surface area (Å²) in [6.45, 7) is 6.76. The van der Waals surface area contributed by atoms with Crippen LogP contribution in [0.4, 0.5) is 4.39 Å². The van der Waals surface area contributed by atoms with Gasteiger partial charge in [-0.3, -0.25) is 9.78 Å². The molecule has 1 aliphatic heterocycles. The first-order valence-corrected chi connectivity index (χ1v) is 10.9. The average molecular weight is 428 g/mol. The Labute approximate surface area is 185 Å². The van der Waals surface area contributed by atoms with Crippen LogP contribution in [0, 0.1) is 16.6 Å². The molecule has 0 radical (unpaired) electrons. The third-order valence-corrected chi connectivity index (χ3v) is 5.98. The molecule has 31 heavy (non-hydrogen) atoms. The fraction of sp³-hybridized carbons (Fsp3) is 0.520. The predicted molar refractivity (Wildman–Crippen MR) is 121 cm³/mol. The molecule has 3 rings (SSSR count). The van der Waals surface area contributed by atoms with Crippen molar-refractivity contribution < 1.29 is 13.9 Å². The number of ether oxygens (including phenoxy) is 1. The van der Waals surface area contributed by atoms with Crippen LogP contribution in [0.15, 0.2) is 42.7 Å². The molecule has 0 spiro atoms. The summed E-state index contributed by atoms with van der Waals surface area (Å²) < 4.78 is 20.6. The first-order valence-electron chi connectivity index (χ1n) is 10.9. The van der Waals surface area contributed by atoms with Crippen LogP contribution in [-0.4, -0.2) is 56.2 Å². The van der Waals surface area contributed by atoms with E-state index in [1.165, 1.54) is 6.07 Å². The van der Waals surface area contributed by atoms with E-state index in [0.29, 0.717) is 44.6 Å². The molecule has 1 amide bonds. The van der Waals surface area contributed by atoms with Crippen LogP contribution in [0.5, 0.6) is 0 Å². The van der Waals surface area contributed by atoms with E-state index >= 15 is 4.39 Å². The summed E-state index contributed by atoms with van der Waals surface area (Å²) in [5.74, 6) is -0.286. The molecule has 6 heteroatoms. The Kier molecular flexibility index (Phi) is 7.44. The number of carbonyl (C=O) groups is 1. The lowest BCUT2D eigenvalue weighted by molar-refractivity contribution is -0.137. The molecule has 0 saturated carbocycles. The third-order valence-electron chi connectivity index (χ3n) is 5.98. The van der Waals surface area contributed by atoms with Gasteiger partial charge in [-0.25, -0.2) is 4.39 Å². The average Bonchev–Trinajstić information content (AvgIpc) is 2.74. The van der Waals surface area contributed by atoms with Gasteiger partial charge in [0.2, 0.25) is 5.91 Å². The molecular formula is C25H34FN3O2. The second kappa shape index (κ2) is 9.88. The first-order chi connectivity index (χ1) is 14.7. The Balaban J connectivity index is 1.77. The molecule has 168 valence electrons. The van der Waals surface area contributed by atoms with Crippen LogP contribution in [0.25, 0.3) is 11.1 Å². The molecule has 0 unspecified atom stereocenters. The number of hydrogen-bond donors (Lipinski definition) is 1. The summed E-state index contributed by atoms with van der Waals surface area (Å²) >= 11 is 0. The number of pyridine rings is 1. The van der Waals surface area contributed by atoms with Gasteiger partial charge in [-0.15, -0.1) is 0 Å². The van der Waals surface area contributed by atoms with Gasteiger partial charge in [0, 0.05) is 44.3 Å². The summed E-state index contributed by atoms with van der Waals surface area (Å²) in [5.41, 5.74) is 1.52. The number of hydrogen-bond acceptors (Lipinski definition) is 4. The number of aromatic nitrogens is 1. The molecule has 2 aromatic rings. The smallest absolute Gasteiger partial charge is 0.226 e. The van der Waals surface area contributed by atoms with Crippen molar-refractivity contribution in [2.45, 2.75) is 33.1 Å². The molecule has 1 aromatic carbocycles. The Bertz CT molecular complexity index is 878. The van der Waals surface area contributed by atoms with Gasteiger partial charge < -0.3 is 15.0 Å². The minimum atomic E-state index is -0.650. The lowest BCUT2D eigenvalue weighted by Crippen LogP contribution is -2.49. The zero-order valence-electron chi connectivity index (χ0n) is 19.1. The molecule has 5 nitrogen and oxygen atoms in total. The van der Waals surface area contributed by atoms with E-state index in [1.807, 2.05) is 32.3 Å². The lowest BCUT2D eigenvalue weighted by atomic mass is 9.74. The monoisotopic (exact) mass is 427 g/mol. The van der Waals surface area contributed by atoms with Crippen molar-refractivity contribution in [3.63, 3.8) is 0 Å². The van der Waals surface area contributed by atoms with Gasteiger partial charge >= 0.3 is 0 Å². The molecule has 2 heterocycles. The van der Waals surface area contributed by atoms with Crippen molar-refractivity contribution in [1.29, 1.82) is 0 Å². The topological polar surface area (TPSA) is 54.5 Å². The van der Waals surface area contributed by atoms with E-state index < -0.39 is 5.41 Å². The van der Waals surface area contributed by atoms with Crippen LogP contribution >= 0.6 is 0 Å². The summed E-state index contributed by atoms with van der Waals surface area (Å²) in [6, 6.07) is 8.99. The van der Waals surface area contributed by atoms with Gasteiger partial charge in [0.1, 0.15) is 5.82 Å². The highest BCUT2D eigenvalue weighted by molar-refractivity contribution is 5.83. The standard InChI is InChI=1S/C25H34FN3O2/c1-24(2,18-29(3)4)17-28-23(30)25(9-12-31-13-10-25)15-20-8-7-19(14-22(20)26)21-6-5-11-27-16-21/h5-8,11,14,16H,9-10,12-13,15,17-18H2,1-4H3,(H,28,30). The van der Waals surface area contributed by atoms with Crippen molar-refractivity contribution in [2.75, 3.05) is 40.4 Å². The van der Waals surface area contributed by atoms with Gasteiger partial charge in [0.05, 0.1) is 5.41 Å². The van der Waals surface area contributed by atoms with Crippen LogP contribution in [0.1, 0.15) is 32.3 Å². The summed E-state index contributed by atoms with van der Waals surface area (Å²) in [6.07, 6.45) is 4.97. The molecule has 0 bridgehead atoms. The highest BCUT2D eigenvalue weighted by Crippen LogP contribution is 2.36. The number of carbonyl (C=O) groups excluding carboxylic acids is 1. The Morgan fingerprint density at radius 2 is 1.97 bits per heavy atom. The minimum absolute atomic E-state index is 0.00151. The second-order valence-corrected chi connectivity index (χ2v) is 9.70. The molecule has 1 aromatic heterocycles. The molecule has 1 aliphatic rings. The number of benzene rings is 1. The number of rotatable bonds is 8. The zero-order chi connectivity index (χ0) is 22.5. The maximum atomic E-state index is 15.1. The summed E-state index contributed by atoms with van der Waals surface area (Å²) in [5, 5.41) is 3.16. The number of nitrogens with one attached hydrogen (secondary N) is 1. The Morgan fingerprint density at radius 3 is 2.58 bits per heavy atom. The fourth-order valence-corrected chi connectivity index (χ4v) is 4.43. The molecule has 1 N–H and O–H groups in total. The predicted octanol–water partition coefficient (Wildman–Crippen LogP) is 3.93. The van der Waals surface area contributed by atoms with Crippen molar-refractivity contribution in [2.24, 2.45) is 10.8 Å². The Morgan fingerprint density at radius 1 is 1.23 bits per heavy atom. The number of amides is 1.